The Bertz CT molecular complexity index is 907. The second-order valence-corrected chi connectivity index (χ2v) is 8.96. The van der Waals surface area contributed by atoms with Crippen LogP contribution in [0, 0.1) is 6.92 Å². The van der Waals surface area contributed by atoms with E-state index in [2.05, 4.69) is 64.8 Å². The van der Waals surface area contributed by atoms with Crippen molar-refractivity contribution in [2.24, 2.45) is 0 Å². The first-order valence-corrected chi connectivity index (χ1v) is 11.7. The average Bonchev–Trinajstić information content (AvgIpc) is 3.11. The van der Waals surface area contributed by atoms with Gasteiger partial charge in [0.15, 0.2) is 0 Å². The van der Waals surface area contributed by atoms with E-state index < -0.39 is 0 Å². The number of aromatic nitrogens is 2. The highest BCUT2D eigenvalue weighted by Crippen LogP contribution is 2.29. The molecule has 0 fully saturated rings. The zero-order chi connectivity index (χ0) is 20.6. The molecule has 0 saturated heterocycles. The molecule has 0 aliphatic carbocycles. The monoisotopic (exact) mass is 473 g/mol. The molecule has 1 aromatic carbocycles. The molecule has 0 amide bonds. The second kappa shape index (κ2) is 11.0. The molecule has 0 radical (unpaired) electrons. The molecule has 3 rings (SSSR count). The highest BCUT2D eigenvalue weighted by atomic mass is 79.9. The first kappa shape index (κ1) is 22.1. The van der Waals surface area contributed by atoms with Gasteiger partial charge in [-0.15, -0.1) is 11.3 Å². The number of nitrogens with zero attached hydrogens (tertiary/aromatic N) is 3. The number of aryl methyl sites for hydroxylation is 1. The van der Waals surface area contributed by atoms with Crippen LogP contribution in [0.3, 0.4) is 0 Å². The Hall–Kier alpha value is -1.60. The molecular formula is C23H28BrN3OS. The van der Waals surface area contributed by atoms with E-state index in [9.17, 15) is 0 Å². The van der Waals surface area contributed by atoms with Crippen LogP contribution in [-0.4, -0.2) is 34.5 Å². The van der Waals surface area contributed by atoms with E-state index in [1.807, 2.05) is 24.4 Å². The standard InChI is InChI=1S/C23H28BrN3OS/c1-4-27(5-2)13-11-21-14-19(10-12-25-21)23-26-17(3)22(29-23)16-28-15-18-6-8-20(24)9-7-18/h6-10,12,14H,4-5,11,13,15-16H2,1-3H3. The number of pyridine rings is 1. The van der Waals surface area contributed by atoms with Gasteiger partial charge in [0.2, 0.25) is 0 Å². The molecular weight excluding hydrogens is 446 g/mol. The number of benzene rings is 1. The van der Waals surface area contributed by atoms with E-state index >= 15 is 0 Å². The Morgan fingerprint density at radius 2 is 1.83 bits per heavy atom. The lowest BCUT2D eigenvalue weighted by Crippen LogP contribution is -2.25. The van der Waals surface area contributed by atoms with Crippen molar-refractivity contribution in [3.05, 3.63) is 68.9 Å². The molecule has 0 unspecified atom stereocenters. The van der Waals surface area contributed by atoms with Crippen molar-refractivity contribution in [1.82, 2.24) is 14.9 Å². The molecule has 0 spiro atoms. The highest BCUT2D eigenvalue weighted by Gasteiger charge is 2.11. The van der Waals surface area contributed by atoms with Gasteiger partial charge in [0.1, 0.15) is 5.01 Å². The summed E-state index contributed by atoms with van der Waals surface area (Å²) >= 11 is 5.17. The van der Waals surface area contributed by atoms with Crippen LogP contribution in [0.25, 0.3) is 10.6 Å². The van der Waals surface area contributed by atoms with E-state index in [-0.39, 0.29) is 0 Å². The zero-order valence-electron chi connectivity index (χ0n) is 17.3. The fourth-order valence-electron chi connectivity index (χ4n) is 3.09. The molecule has 2 aromatic heterocycles. The van der Waals surface area contributed by atoms with Crippen LogP contribution in [0.5, 0.6) is 0 Å². The number of ether oxygens (including phenoxy) is 1. The Morgan fingerprint density at radius 3 is 2.55 bits per heavy atom. The summed E-state index contributed by atoms with van der Waals surface area (Å²) in [5.74, 6) is 0. The van der Waals surface area contributed by atoms with Crippen molar-refractivity contribution in [2.45, 2.75) is 40.4 Å². The van der Waals surface area contributed by atoms with Crippen molar-refractivity contribution < 1.29 is 4.74 Å². The quantitative estimate of drug-likeness (QED) is 0.368. The number of thiazole rings is 1. The number of hydrogen-bond acceptors (Lipinski definition) is 5. The van der Waals surface area contributed by atoms with Crippen LogP contribution in [0.15, 0.2) is 47.1 Å². The van der Waals surface area contributed by atoms with Crippen molar-refractivity contribution in [3.63, 3.8) is 0 Å². The summed E-state index contributed by atoms with van der Waals surface area (Å²) in [6.45, 7) is 10.8. The summed E-state index contributed by atoms with van der Waals surface area (Å²) in [4.78, 5) is 12.9. The van der Waals surface area contributed by atoms with Crippen LogP contribution >= 0.6 is 27.3 Å². The normalized spacial score (nSPS) is 11.3. The molecule has 29 heavy (non-hydrogen) atoms. The third kappa shape index (κ3) is 6.44. The first-order chi connectivity index (χ1) is 14.1. The lowest BCUT2D eigenvalue weighted by atomic mass is 10.2. The van der Waals surface area contributed by atoms with Crippen molar-refractivity contribution in [1.29, 1.82) is 0 Å². The third-order valence-corrected chi connectivity index (χ3v) is 6.66. The van der Waals surface area contributed by atoms with Gasteiger partial charge in [-0.25, -0.2) is 4.98 Å². The van der Waals surface area contributed by atoms with Gasteiger partial charge in [-0.2, -0.15) is 0 Å². The number of halogens is 1. The number of hydrogen-bond donors (Lipinski definition) is 0. The molecule has 0 bridgehead atoms. The van der Waals surface area contributed by atoms with Gasteiger partial charge in [0.05, 0.1) is 23.8 Å². The van der Waals surface area contributed by atoms with Gasteiger partial charge < -0.3 is 9.64 Å². The van der Waals surface area contributed by atoms with Crippen molar-refractivity contribution >= 4 is 27.3 Å². The smallest absolute Gasteiger partial charge is 0.124 e. The SMILES string of the molecule is CCN(CC)CCc1cc(-c2nc(C)c(COCc3ccc(Br)cc3)s2)ccn1. The molecule has 0 N–H and O–H groups in total. The average molecular weight is 474 g/mol. The maximum absolute atomic E-state index is 5.93. The lowest BCUT2D eigenvalue weighted by Gasteiger charge is -2.17. The van der Waals surface area contributed by atoms with Gasteiger partial charge >= 0.3 is 0 Å². The van der Waals surface area contributed by atoms with E-state index in [0.29, 0.717) is 13.2 Å². The number of likely N-dealkylation sites (N-methyl/N-ethyl adjacent to an activating group) is 1. The molecule has 0 aliphatic rings. The molecule has 154 valence electrons. The van der Waals surface area contributed by atoms with E-state index in [4.69, 9.17) is 9.72 Å². The Kier molecular flexibility index (Phi) is 8.36. The lowest BCUT2D eigenvalue weighted by molar-refractivity contribution is 0.109. The number of rotatable bonds is 10. The molecule has 3 aromatic rings. The maximum atomic E-state index is 5.93. The van der Waals surface area contributed by atoms with E-state index in [0.717, 1.165) is 52.5 Å². The van der Waals surface area contributed by atoms with Gasteiger partial charge in [0.25, 0.3) is 0 Å². The molecule has 0 aliphatic heterocycles. The minimum Gasteiger partial charge on any atom is -0.371 e. The summed E-state index contributed by atoms with van der Waals surface area (Å²) in [5.41, 5.74) is 4.47. The summed E-state index contributed by atoms with van der Waals surface area (Å²) in [6.07, 6.45) is 2.86. The molecule has 0 saturated carbocycles. The van der Waals surface area contributed by atoms with Gasteiger partial charge in [-0.05, 0) is 49.8 Å². The summed E-state index contributed by atoms with van der Waals surface area (Å²) < 4.78 is 7.01. The van der Waals surface area contributed by atoms with Crippen LogP contribution in [-0.2, 0) is 24.4 Å². The third-order valence-electron chi connectivity index (χ3n) is 4.95. The topological polar surface area (TPSA) is 38.2 Å². The van der Waals surface area contributed by atoms with E-state index in [1.54, 1.807) is 11.3 Å². The minimum atomic E-state index is 0.583. The molecule has 2 heterocycles. The van der Waals surface area contributed by atoms with Gasteiger partial charge in [0, 0.05) is 34.9 Å². The van der Waals surface area contributed by atoms with Crippen LogP contribution < -0.4 is 0 Å². The summed E-state index contributed by atoms with van der Waals surface area (Å²) in [5, 5.41) is 1.04. The predicted octanol–water partition coefficient (Wildman–Crippen LogP) is 5.88. The molecule has 6 heteroatoms. The fraction of sp³-hybridized carbons (Fsp3) is 0.391. The molecule has 4 nitrogen and oxygen atoms in total. The highest BCUT2D eigenvalue weighted by molar-refractivity contribution is 9.10. The molecule has 0 atom stereocenters. The maximum Gasteiger partial charge on any atom is 0.124 e. The zero-order valence-corrected chi connectivity index (χ0v) is 19.7. The minimum absolute atomic E-state index is 0.583. The Balaban J connectivity index is 1.61. The first-order valence-electron chi connectivity index (χ1n) is 10.0. The summed E-state index contributed by atoms with van der Waals surface area (Å²) in [6, 6.07) is 12.4. The van der Waals surface area contributed by atoms with Gasteiger partial charge in [-0.3, -0.25) is 4.98 Å². The van der Waals surface area contributed by atoms with Crippen molar-refractivity contribution in [3.8, 4) is 10.6 Å². The van der Waals surface area contributed by atoms with Crippen LogP contribution in [0.4, 0.5) is 0 Å². The van der Waals surface area contributed by atoms with Crippen molar-refractivity contribution in [2.75, 3.05) is 19.6 Å². The van der Waals surface area contributed by atoms with Crippen LogP contribution in [0.1, 0.15) is 35.7 Å². The second-order valence-electron chi connectivity index (χ2n) is 6.96. The van der Waals surface area contributed by atoms with Gasteiger partial charge in [-0.1, -0.05) is 41.9 Å². The summed E-state index contributed by atoms with van der Waals surface area (Å²) in [7, 11) is 0. The predicted molar refractivity (Wildman–Crippen MR) is 124 cm³/mol. The largest absolute Gasteiger partial charge is 0.371 e. The van der Waals surface area contributed by atoms with E-state index in [1.165, 1.54) is 10.4 Å². The Labute approximate surface area is 186 Å². The Morgan fingerprint density at radius 1 is 1.07 bits per heavy atom. The van der Waals surface area contributed by atoms with Crippen LogP contribution in [0.2, 0.25) is 0 Å². The fourth-order valence-corrected chi connectivity index (χ4v) is 4.35.